The lowest BCUT2D eigenvalue weighted by atomic mass is 10.0. The Hall–Kier alpha value is -3.68. The number of alkyl halides is 2. The van der Waals surface area contributed by atoms with Crippen molar-refractivity contribution in [1.29, 1.82) is 0 Å². The van der Waals surface area contributed by atoms with Gasteiger partial charge in [-0.25, -0.2) is 9.79 Å². The normalized spacial score (nSPS) is 10.4. The second-order valence-electron chi connectivity index (χ2n) is 7.07. The van der Waals surface area contributed by atoms with E-state index in [0.29, 0.717) is 11.1 Å². The van der Waals surface area contributed by atoms with Gasteiger partial charge in [-0.3, -0.25) is 0 Å². The maximum absolute atomic E-state index is 12.4. The third-order valence-corrected chi connectivity index (χ3v) is 4.41. The van der Waals surface area contributed by atoms with Gasteiger partial charge in [0.25, 0.3) is 0 Å². The molecule has 0 aliphatic heterocycles. The van der Waals surface area contributed by atoms with Crippen molar-refractivity contribution in [3.8, 4) is 5.75 Å². The van der Waals surface area contributed by atoms with Gasteiger partial charge in [-0.2, -0.15) is 8.78 Å². The van der Waals surface area contributed by atoms with Crippen LogP contribution in [0.3, 0.4) is 0 Å². The molecule has 8 heteroatoms. The van der Waals surface area contributed by atoms with Gasteiger partial charge in [0.15, 0.2) is 0 Å². The molecule has 0 aliphatic carbocycles. The fourth-order valence-corrected chi connectivity index (χ4v) is 2.40. The van der Waals surface area contributed by atoms with Crippen LogP contribution in [-0.2, 0) is 11.3 Å². The maximum Gasteiger partial charge on any atom is 0.387 e. The zero-order valence-electron chi connectivity index (χ0n) is 19.3. The molecule has 0 bridgehead atoms. The number of aliphatic hydroxyl groups excluding tert-OH is 1. The van der Waals surface area contributed by atoms with Crippen LogP contribution >= 0.6 is 0 Å². The van der Waals surface area contributed by atoms with Crippen molar-refractivity contribution in [2.45, 2.75) is 34.0 Å². The molecule has 2 aromatic carbocycles. The van der Waals surface area contributed by atoms with Crippen molar-refractivity contribution in [2.75, 3.05) is 13.6 Å². The molecule has 0 unspecified atom stereocenters. The minimum absolute atomic E-state index is 0.0185. The van der Waals surface area contributed by atoms with Crippen molar-refractivity contribution < 1.29 is 28.2 Å². The summed E-state index contributed by atoms with van der Waals surface area (Å²) in [5.74, 6) is -0.374. The van der Waals surface area contributed by atoms with Gasteiger partial charge in [0.2, 0.25) is 0 Å². The molecule has 6 nitrogen and oxygen atoms in total. The fraction of sp³-hybridized carbons (Fsp3) is 0.280. The van der Waals surface area contributed by atoms with Gasteiger partial charge >= 0.3 is 12.6 Å². The number of halogens is 2. The fourth-order valence-electron chi connectivity index (χ4n) is 2.40. The Morgan fingerprint density at radius 2 is 1.82 bits per heavy atom. The third-order valence-electron chi connectivity index (χ3n) is 4.41. The summed E-state index contributed by atoms with van der Waals surface area (Å²) in [5.41, 5.74) is 3.57. The Bertz CT molecular complexity index is 973. The lowest BCUT2D eigenvalue weighted by molar-refractivity contribution is -0.0498. The number of aliphatic imine (C=N–C) groups is 1. The van der Waals surface area contributed by atoms with Crippen molar-refractivity contribution in [3.05, 3.63) is 83.6 Å². The van der Waals surface area contributed by atoms with Crippen molar-refractivity contribution in [2.24, 2.45) is 4.99 Å². The summed E-state index contributed by atoms with van der Waals surface area (Å²) in [5, 5.41) is 8.05. The van der Waals surface area contributed by atoms with Gasteiger partial charge in [0.1, 0.15) is 18.1 Å². The van der Waals surface area contributed by atoms with Gasteiger partial charge in [0.05, 0.1) is 17.6 Å². The van der Waals surface area contributed by atoms with Crippen LogP contribution in [0.4, 0.5) is 14.5 Å². The summed E-state index contributed by atoms with van der Waals surface area (Å²) in [4.78, 5) is 18.8. The third kappa shape index (κ3) is 9.99. The van der Waals surface area contributed by atoms with E-state index >= 15 is 0 Å². The molecule has 0 spiro atoms. The molecule has 0 aliphatic rings. The Kier molecular flexibility index (Phi) is 11.3. The first kappa shape index (κ1) is 27.4. The number of aryl methyl sites for hydroxylation is 2. The average molecular weight is 461 g/mol. The van der Waals surface area contributed by atoms with Gasteiger partial charge in [-0.05, 0) is 67.8 Å². The molecule has 178 valence electrons. The molecule has 2 rings (SSSR count). The van der Waals surface area contributed by atoms with E-state index in [9.17, 15) is 13.6 Å². The first-order valence-electron chi connectivity index (χ1n) is 10.1. The molecule has 1 N–H and O–H groups in total. The number of benzene rings is 2. The topological polar surface area (TPSA) is 71.4 Å². The predicted octanol–water partition coefficient (Wildman–Crippen LogP) is 6.12. The summed E-state index contributed by atoms with van der Waals surface area (Å²) in [6.07, 6.45) is 3.03. The van der Waals surface area contributed by atoms with Crippen LogP contribution in [0.15, 0.2) is 66.4 Å². The first-order valence-corrected chi connectivity index (χ1v) is 10.1. The largest absolute Gasteiger partial charge is 0.509 e. The number of hydrogen-bond donors (Lipinski definition) is 1. The summed E-state index contributed by atoms with van der Waals surface area (Å²) in [6.45, 7) is 10.1. The molecule has 0 saturated carbocycles. The van der Waals surface area contributed by atoms with Crippen molar-refractivity contribution in [1.82, 2.24) is 4.90 Å². The summed E-state index contributed by atoms with van der Waals surface area (Å²) < 4.78 is 34.0. The van der Waals surface area contributed by atoms with E-state index < -0.39 is 12.6 Å². The Morgan fingerprint density at radius 3 is 2.33 bits per heavy atom. The number of allylic oxidation sites excluding steroid dienone is 1. The van der Waals surface area contributed by atoms with Gasteiger partial charge < -0.3 is 19.5 Å². The maximum atomic E-state index is 12.4. The van der Waals surface area contributed by atoms with Crippen molar-refractivity contribution >= 4 is 18.0 Å². The van der Waals surface area contributed by atoms with Crippen LogP contribution in [0.5, 0.6) is 5.75 Å². The highest BCUT2D eigenvalue weighted by molar-refractivity contribution is 5.92. The van der Waals surface area contributed by atoms with E-state index in [1.54, 1.807) is 24.5 Å². The molecule has 0 heterocycles. The monoisotopic (exact) mass is 460 g/mol. The van der Waals surface area contributed by atoms with E-state index in [-0.39, 0.29) is 18.1 Å². The van der Waals surface area contributed by atoms with E-state index in [1.807, 2.05) is 38.8 Å². The second kappa shape index (κ2) is 13.7. The molecule has 0 saturated heterocycles. The highest BCUT2D eigenvalue weighted by Gasteiger charge is 2.13. The SMILES string of the molecule is C=CC(=C)O.CCN(C)C=Nc1cc(C)c(C(=O)OCc2ccc(OC(F)F)cc2)cc1C. The van der Waals surface area contributed by atoms with E-state index in [1.165, 1.54) is 18.2 Å². The first-order chi connectivity index (χ1) is 15.6. The molecule has 0 atom stereocenters. The molecule has 0 radical (unpaired) electrons. The molecule has 0 amide bonds. The lowest BCUT2D eigenvalue weighted by Crippen LogP contribution is -2.14. The van der Waals surface area contributed by atoms with Gasteiger partial charge in [-0.15, -0.1) is 0 Å². The summed E-state index contributed by atoms with van der Waals surface area (Å²) in [6, 6.07) is 9.57. The van der Waals surface area contributed by atoms with E-state index in [0.717, 1.165) is 23.4 Å². The number of hydrogen-bond acceptors (Lipinski definition) is 5. The van der Waals surface area contributed by atoms with Crippen LogP contribution in [0.25, 0.3) is 0 Å². The van der Waals surface area contributed by atoms with Crippen LogP contribution in [0, 0.1) is 13.8 Å². The van der Waals surface area contributed by atoms with E-state index in [4.69, 9.17) is 9.84 Å². The quantitative estimate of drug-likeness (QED) is 0.161. The minimum Gasteiger partial charge on any atom is -0.509 e. The highest BCUT2D eigenvalue weighted by atomic mass is 19.3. The standard InChI is InChI=1S/C21H24F2N2O3.C4H6O/c1-5-25(4)13-24-19-11-14(2)18(10-15(19)3)20(26)27-12-16-6-8-17(9-7-16)28-21(22)23;1-3-4(2)5/h6-11,13,21H,5,12H2,1-4H3;3,5H,1-2H2. The molecular weight excluding hydrogens is 430 g/mol. The van der Waals surface area contributed by atoms with Crippen LogP contribution in [-0.4, -0.2) is 42.5 Å². The number of esters is 1. The number of ether oxygens (including phenoxy) is 2. The molecular formula is C25H30F2N2O4. The molecule has 0 fully saturated rings. The number of aliphatic hydroxyl groups is 1. The number of rotatable bonds is 9. The number of nitrogens with zero attached hydrogens (tertiary/aromatic N) is 2. The zero-order valence-corrected chi connectivity index (χ0v) is 19.3. The molecule has 2 aromatic rings. The van der Waals surface area contributed by atoms with Gasteiger partial charge in [-0.1, -0.05) is 25.3 Å². The van der Waals surface area contributed by atoms with Crippen LogP contribution in [0.2, 0.25) is 0 Å². The van der Waals surface area contributed by atoms with Gasteiger partial charge in [0, 0.05) is 13.6 Å². The Balaban J connectivity index is 0.000000981. The molecule has 0 aromatic heterocycles. The van der Waals surface area contributed by atoms with Crippen molar-refractivity contribution in [3.63, 3.8) is 0 Å². The Labute approximate surface area is 193 Å². The summed E-state index contributed by atoms with van der Waals surface area (Å²) >= 11 is 0. The van der Waals surface area contributed by atoms with E-state index in [2.05, 4.69) is 22.9 Å². The number of carbonyl (C=O) groups excluding carboxylic acids is 1. The van der Waals surface area contributed by atoms with Crippen LogP contribution < -0.4 is 4.74 Å². The minimum atomic E-state index is -2.87. The lowest BCUT2D eigenvalue weighted by Gasteiger charge is -2.12. The predicted molar refractivity (Wildman–Crippen MR) is 127 cm³/mol. The molecule has 33 heavy (non-hydrogen) atoms. The highest BCUT2D eigenvalue weighted by Crippen LogP contribution is 2.24. The number of carbonyl (C=O) groups is 1. The Morgan fingerprint density at radius 1 is 1.21 bits per heavy atom. The summed E-state index contributed by atoms with van der Waals surface area (Å²) in [7, 11) is 1.93. The van der Waals surface area contributed by atoms with Crippen LogP contribution in [0.1, 0.15) is 34.0 Å². The average Bonchev–Trinajstić information content (AvgIpc) is 2.78. The smallest absolute Gasteiger partial charge is 0.387 e. The zero-order chi connectivity index (χ0) is 25.0. The second-order valence-corrected chi connectivity index (χ2v) is 7.07.